The summed E-state index contributed by atoms with van der Waals surface area (Å²) in [6, 6.07) is 0. The van der Waals surface area contributed by atoms with Gasteiger partial charge in [-0.25, -0.2) is 0 Å². The minimum atomic E-state index is 0.606. The zero-order chi connectivity index (χ0) is 7.19. The van der Waals surface area contributed by atoms with Crippen LogP contribution >= 0.6 is 0 Å². The summed E-state index contributed by atoms with van der Waals surface area (Å²) in [6.45, 7) is 3.90. The number of hydrogen-bond donors (Lipinski definition) is 0. The second-order valence-electron chi connectivity index (χ2n) is 3.92. The van der Waals surface area contributed by atoms with Gasteiger partial charge in [0.2, 0.25) is 0 Å². The van der Waals surface area contributed by atoms with Crippen molar-refractivity contribution in [3.8, 4) is 0 Å². The molecule has 0 aliphatic carbocycles. The molecule has 2 rings (SSSR count). The van der Waals surface area contributed by atoms with Gasteiger partial charge in [0.15, 0.2) is 0 Å². The third-order valence-corrected chi connectivity index (χ3v) is 3.07. The molecule has 0 atom stereocenters. The van der Waals surface area contributed by atoms with Crippen molar-refractivity contribution >= 4 is 0 Å². The molecule has 2 nitrogen and oxygen atoms in total. The lowest BCUT2D eigenvalue weighted by Crippen LogP contribution is -2.65. The quantitative estimate of drug-likeness (QED) is 0.480. The van der Waals surface area contributed by atoms with Gasteiger partial charge in [-0.05, 0) is 33.5 Å². The van der Waals surface area contributed by atoms with Crippen LogP contribution in [0.4, 0.5) is 0 Å². The van der Waals surface area contributed by atoms with Crippen LogP contribution in [0.1, 0.15) is 12.8 Å². The fraction of sp³-hybridized carbons (Fsp3) is 1.00. The Morgan fingerprint density at radius 2 is 1.90 bits per heavy atom. The van der Waals surface area contributed by atoms with Gasteiger partial charge in [0.1, 0.15) is 0 Å². The number of hydrogen-bond acceptors (Lipinski definition) is 2. The van der Waals surface area contributed by atoms with Gasteiger partial charge in [-0.1, -0.05) is 0 Å². The van der Waals surface area contributed by atoms with E-state index >= 15 is 0 Å². The van der Waals surface area contributed by atoms with Crippen LogP contribution in [0, 0.1) is 0 Å². The number of nitrogens with zero attached hydrogens (tertiary/aromatic N) is 2. The fourth-order valence-electron chi connectivity index (χ4n) is 2.43. The van der Waals surface area contributed by atoms with Gasteiger partial charge in [0, 0.05) is 18.6 Å². The summed E-state index contributed by atoms with van der Waals surface area (Å²) in [4.78, 5) is 4.94. The van der Waals surface area contributed by atoms with Crippen LogP contribution in [0.2, 0.25) is 0 Å². The van der Waals surface area contributed by atoms with E-state index in [1.165, 1.54) is 32.5 Å². The van der Waals surface area contributed by atoms with Gasteiger partial charge in [0.25, 0.3) is 0 Å². The van der Waals surface area contributed by atoms with Crippen molar-refractivity contribution in [2.75, 3.05) is 33.7 Å². The van der Waals surface area contributed by atoms with E-state index in [-0.39, 0.29) is 0 Å². The van der Waals surface area contributed by atoms with Crippen molar-refractivity contribution in [2.24, 2.45) is 0 Å². The Morgan fingerprint density at radius 1 is 1.20 bits per heavy atom. The van der Waals surface area contributed by atoms with Crippen LogP contribution in [0.25, 0.3) is 0 Å². The Hall–Kier alpha value is -0.0800. The van der Waals surface area contributed by atoms with E-state index in [2.05, 4.69) is 23.9 Å². The molecule has 0 unspecified atom stereocenters. The molecule has 1 spiro atoms. The largest absolute Gasteiger partial charge is 0.303 e. The van der Waals surface area contributed by atoms with Crippen molar-refractivity contribution in [1.29, 1.82) is 0 Å². The van der Waals surface area contributed by atoms with Gasteiger partial charge in [-0.15, -0.1) is 0 Å². The van der Waals surface area contributed by atoms with Crippen molar-refractivity contribution in [3.05, 3.63) is 0 Å². The van der Waals surface area contributed by atoms with E-state index in [0.717, 1.165) is 0 Å². The molecule has 2 fully saturated rings. The molecule has 10 heavy (non-hydrogen) atoms. The van der Waals surface area contributed by atoms with E-state index in [1.54, 1.807) is 0 Å². The summed E-state index contributed by atoms with van der Waals surface area (Å²) in [5.41, 5.74) is 0.606. The van der Waals surface area contributed by atoms with E-state index in [9.17, 15) is 0 Å². The molecule has 0 aromatic heterocycles. The topological polar surface area (TPSA) is 6.48 Å². The number of likely N-dealkylation sites (N-methyl/N-ethyl adjacent to an activating group) is 2. The minimum absolute atomic E-state index is 0.606. The van der Waals surface area contributed by atoms with Gasteiger partial charge >= 0.3 is 0 Å². The molecule has 0 aromatic rings. The van der Waals surface area contributed by atoms with Gasteiger partial charge in [-0.2, -0.15) is 0 Å². The Labute approximate surface area is 62.8 Å². The van der Waals surface area contributed by atoms with E-state index in [1.807, 2.05) is 0 Å². The standard InChI is InChI=1S/C8H16N2/c1-9-6-8(7-9)4-3-5-10(8)2/h3-7H2,1-2H3. The molecule has 0 N–H and O–H groups in total. The Bertz CT molecular complexity index is 138. The van der Waals surface area contributed by atoms with E-state index < -0.39 is 0 Å². The normalized spacial score (nSPS) is 33.0. The molecule has 0 radical (unpaired) electrons. The van der Waals surface area contributed by atoms with Gasteiger partial charge in [-0.3, -0.25) is 4.90 Å². The second kappa shape index (κ2) is 1.95. The molecular formula is C8H16N2. The van der Waals surface area contributed by atoms with Crippen LogP contribution in [-0.4, -0.2) is 49.1 Å². The highest BCUT2D eigenvalue weighted by Gasteiger charge is 2.46. The third-order valence-electron chi connectivity index (χ3n) is 3.07. The summed E-state index contributed by atoms with van der Waals surface area (Å²) in [7, 11) is 4.47. The second-order valence-corrected chi connectivity index (χ2v) is 3.92. The van der Waals surface area contributed by atoms with Crippen LogP contribution in [0.15, 0.2) is 0 Å². The van der Waals surface area contributed by atoms with Gasteiger partial charge in [0.05, 0.1) is 0 Å². The highest BCUT2D eigenvalue weighted by Crippen LogP contribution is 2.34. The zero-order valence-corrected chi connectivity index (χ0v) is 6.93. The molecule has 2 heterocycles. The van der Waals surface area contributed by atoms with Gasteiger partial charge < -0.3 is 4.90 Å². The average Bonchev–Trinajstić information content (AvgIpc) is 2.12. The first-order chi connectivity index (χ1) is 4.73. The number of rotatable bonds is 0. The van der Waals surface area contributed by atoms with Crippen LogP contribution in [-0.2, 0) is 0 Å². The SMILES string of the molecule is CN1CC2(CCCN2C)C1. The summed E-state index contributed by atoms with van der Waals surface area (Å²) in [6.07, 6.45) is 2.83. The highest BCUT2D eigenvalue weighted by atomic mass is 15.3. The lowest BCUT2D eigenvalue weighted by Gasteiger charge is -2.50. The zero-order valence-electron chi connectivity index (χ0n) is 6.93. The average molecular weight is 140 g/mol. The molecule has 0 amide bonds. The Kier molecular flexibility index (Phi) is 1.29. The molecule has 0 aromatic carbocycles. The summed E-state index contributed by atoms with van der Waals surface area (Å²) in [5, 5.41) is 0. The first kappa shape index (κ1) is 6.62. The van der Waals surface area contributed by atoms with E-state index in [0.29, 0.717) is 5.54 Å². The minimum Gasteiger partial charge on any atom is -0.303 e. The molecular weight excluding hydrogens is 124 g/mol. The molecule has 0 bridgehead atoms. The molecule has 2 aliphatic heterocycles. The first-order valence-electron chi connectivity index (χ1n) is 4.13. The molecule has 58 valence electrons. The predicted molar refractivity (Wildman–Crippen MR) is 42.1 cm³/mol. The first-order valence-corrected chi connectivity index (χ1v) is 4.13. The van der Waals surface area contributed by atoms with Crippen molar-refractivity contribution < 1.29 is 0 Å². The Morgan fingerprint density at radius 3 is 2.30 bits per heavy atom. The maximum atomic E-state index is 2.53. The predicted octanol–water partition coefficient (Wildman–Crippen LogP) is 0.396. The van der Waals surface area contributed by atoms with Crippen LogP contribution < -0.4 is 0 Å². The number of likely N-dealkylation sites (tertiary alicyclic amines) is 2. The fourth-order valence-corrected chi connectivity index (χ4v) is 2.43. The van der Waals surface area contributed by atoms with Crippen molar-refractivity contribution in [1.82, 2.24) is 9.80 Å². The summed E-state index contributed by atoms with van der Waals surface area (Å²) >= 11 is 0. The maximum Gasteiger partial charge on any atom is 0.0460 e. The highest BCUT2D eigenvalue weighted by molar-refractivity contribution is 5.05. The monoisotopic (exact) mass is 140 g/mol. The molecule has 2 heteroatoms. The maximum absolute atomic E-state index is 2.53. The van der Waals surface area contributed by atoms with Crippen LogP contribution in [0.3, 0.4) is 0 Å². The van der Waals surface area contributed by atoms with Crippen molar-refractivity contribution in [2.45, 2.75) is 18.4 Å². The molecule has 0 saturated carbocycles. The van der Waals surface area contributed by atoms with Crippen LogP contribution in [0.5, 0.6) is 0 Å². The summed E-state index contributed by atoms with van der Waals surface area (Å²) in [5.74, 6) is 0. The van der Waals surface area contributed by atoms with Crippen molar-refractivity contribution in [3.63, 3.8) is 0 Å². The third kappa shape index (κ3) is 0.722. The lowest BCUT2D eigenvalue weighted by molar-refractivity contribution is 0.00105. The summed E-state index contributed by atoms with van der Waals surface area (Å²) < 4.78 is 0. The van der Waals surface area contributed by atoms with E-state index in [4.69, 9.17) is 0 Å². The smallest absolute Gasteiger partial charge is 0.0460 e. The molecule has 2 aliphatic rings. The Balaban J connectivity index is 2.03. The lowest BCUT2D eigenvalue weighted by atomic mass is 9.88. The molecule has 2 saturated heterocycles.